The third-order valence-electron chi connectivity index (χ3n) is 2.08. The van der Waals surface area contributed by atoms with Gasteiger partial charge in [0.2, 0.25) is 11.3 Å². The number of aromatic hydroxyl groups is 1. The standard InChI is InChI=1S/C10H10N2O3S/c1-16-9-2-3-12(6-11-9)10-4-7(13)8(14)5-15-10/h2,4-6,14H,3H2,1H3. The van der Waals surface area contributed by atoms with Crippen molar-refractivity contribution in [3.63, 3.8) is 0 Å². The topological polar surface area (TPSA) is 66.0 Å². The van der Waals surface area contributed by atoms with E-state index < -0.39 is 11.2 Å². The number of hydrogen-bond donors (Lipinski definition) is 1. The Morgan fingerprint density at radius 3 is 3.00 bits per heavy atom. The first kappa shape index (κ1) is 10.8. The van der Waals surface area contributed by atoms with E-state index in [1.165, 1.54) is 6.07 Å². The molecule has 1 aliphatic heterocycles. The average Bonchev–Trinajstić information content (AvgIpc) is 2.33. The molecule has 0 aliphatic carbocycles. The maximum Gasteiger partial charge on any atom is 0.228 e. The molecular formula is C10H10N2O3S. The van der Waals surface area contributed by atoms with Crippen LogP contribution in [0.25, 0.3) is 0 Å². The fourth-order valence-corrected chi connectivity index (χ4v) is 1.62. The lowest BCUT2D eigenvalue weighted by molar-refractivity contribution is 0.431. The monoisotopic (exact) mass is 238 g/mol. The van der Waals surface area contributed by atoms with Crippen LogP contribution < -0.4 is 10.3 Å². The van der Waals surface area contributed by atoms with Gasteiger partial charge >= 0.3 is 0 Å². The van der Waals surface area contributed by atoms with Crippen LogP contribution in [0.5, 0.6) is 5.75 Å². The molecule has 1 aromatic heterocycles. The second-order valence-electron chi connectivity index (χ2n) is 3.11. The molecule has 0 saturated carbocycles. The number of thioether (sulfide) groups is 1. The van der Waals surface area contributed by atoms with E-state index in [1.807, 2.05) is 12.3 Å². The Morgan fingerprint density at radius 1 is 1.62 bits per heavy atom. The van der Waals surface area contributed by atoms with Gasteiger partial charge in [-0.1, -0.05) is 0 Å². The van der Waals surface area contributed by atoms with Crippen LogP contribution in [0.2, 0.25) is 0 Å². The molecule has 6 heteroatoms. The van der Waals surface area contributed by atoms with Gasteiger partial charge < -0.3 is 9.52 Å². The van der Waals surface area contributed by atoms with Crippen molar-refractivity contribution in [1.82, 2.24) is 0 Å². The fourth-order valence-electron chi connectivity index (χ4n) is 1.23. The van der Waals surface area contributed by atoms with Gasteiger partial charge in [-0.15, -0.1) is 11.8 Å². The summed E-state index contributed by atoms with van der Waals surface area (Å²) < 4.78 is 5.10. The van der Waals surface area contributed by atoms with Crippen molar-refractivity contribution < 1.29 is 9.52 Å². The molecule has 0 bridgehead atoms. The second-order valence-corrected chi connectivity index (χ2v) is 3.94. The van der Waals surface area contributed by atoms with E-state index in [4.69, 9.17) is 9.52 Å². The molecule has 0 fully saturated rings. The van der Waals surface area contributed by atoms with Crippen LogP contribution in [0.1, 0.15) is 0 Å². The summed E-state index contributed by atoms with van der Waals surface area (Å²) in [6.45, 7) is 0.591. The van der Waals surface area contributed by atoms with E-state index in [1.54, 1.807) is 23.0 Å². The third kappa shape index (κ3) is 2.11. The zero-order valence-electron chi connectivity index (χ0n) is 8.58. The van der Waals surface area contributed by atoms with Gasteiger partial charge in [-0.25, -0.2) is 4.99 Å². The minimum absolute atomic E-state index is 0.364. The van der Waals surface area contributed by atoms with E-state index >= 15 is 0 Å². The highest BCUT2D eigenvalue weighted by atomic mass is 32.2. The normalized spacial score (nSPS) is 15.1. The van der Waals surface area contributed by atoms with Crippen LogP contribution in [-0.2, 0) is 0 Å². The van der Waals surface area contributed by atoms with Crippen LogP contribution in [0, 0.1) is 0 Å². The molecular weight excluding hydrogens is 228 g/mol. The Kier molecular flexibility index (Phi) is 3.00. The molecule has 84 valence electrons. The number of nitrogens with zero attached hydrogens (tertiary/aromatic N) is 2. The molecule has 2 rings (SSSR count). The summed E-state index contributed by atoms with van der Waals surface area (Å²) in [6, 6.07) is 1.24. The fraction of sp³-hybridized carbons (Fsp3) is 0.200. The lowest BCUT2D eigenvalue weighted by atomic mass is 10.4. The highest BCUT2D eigenvalue weighted by Gasteiger charge is 2.11. The molecule has 5 nitrogen and oxygen atoms in total. The van der Waals surface area contributed by atoms with Crippen LogP contribution in [-0.4, -0.2) is 24.2 Å². The average molecular weight is 238 g/mol. The molecule has 0 aromatic carbocycles. The minimum Gasteiger partial charge on any atom is -0.502 e. The zero-order chi connectivity index (χ0) is 11.5. The molecule has 1 aliphatic rings. The van der Waals surface area contributed by atoms with Crippen LogP contribution in [0.3, 0.4) is 0 Å². The number of anilines is 1. The quantitative estimate of drug-likeness (QED) is 0.843. The molecule has 0 saturated heterocycles. The van der Waals surface area contributed by atoms with Crippen molar-refractivity contribution in [3.8, 4) is 5.75 Å². The first-order valence-corrected chi connectivity index (χ1v) is 5.80. The molecule has 0 unspecified atom stereocenters. The van der Waals surface area contributed by atoms with E-state index in [0.717, 1.165) is 11.3 Å². The van der Waals surface area contributed by atoms with Crippen LogP contribution in [0.4, 0.5) is 5.88 Å². The van der Waals surface area contributed by atoms with Crippen molar-refractivity contribution in [2.24, 2.45) is 4.99 Å². The third-order valence-corrected chi connectivity index (χ3v) is 2.77. The Bertz CT molecular complexity index is 507. The molecule has 0 radical (unpaired) electrons. The van der Waals surface area contributed by atoms with E-state index in [2.05, 4.69) is 4.99 Å². The number of hydrogen-bond acceptors (Lipinski definition) is 6. The van der Waals surface area contributed by atoms with Gasteiger partial charge in [0.1, 0.15) is 6.26 Å². The highest BCUT2D eigenvalue weighted by molar-refractivity contribution is 8.02. The summed E-state index contributed by atoms with van der Waals surface area (Å²) in [5.74, 6) is -0.0269. The molecule has 16 heavy (non-hydrogen) atoms. The Hall–Kier alpha value is -1.69. The summed E-state index contributed by atoms with van der Waals surface area (Å²) in [6.07, 6.45) is 6.50. The van der Waals surface area contributed by atoms with Gasteiger partial charge in [0.25, 0.3) is 0 Å². The summed E-state index contributed by atoms with van der Waals surface area (Å²) in [5.41, 5.74) is -0.464. The van der Waals surface area contributed by atoms with Gasteiger partial charge in [0, 0.05) is 6.54 Å². The maximum absolute atomic E-state index is 11.2. The van der Waals surface area contributed by atoms with Crippen molar-refractivity contribution in [3.05, 3.63) is 33.7 Å². The number of rotatable bonds is 2. The SMILES string of the molecule is CSC1=CCN(c2cc(=O)c(O)co2)C=N1. The Balaban J connectivity index is 2.22. The van der Waals surface area contributed by atoms with Gasteiger partial charge in [-0.3, -0.25) is 9.69 Å². The van der Waals surface area contributed by atoms with Crippen molar-refractivity contribution in [2.75, 3.05) is 17.7 Å². The summed E-state index contributed by atoms with van der Waals surface area (Å²) in [7, 11) is 0. The Morgan fingerprint density at radius 2 is 2.44 bits per heavy atom. The largest absolute Gasteiger partial charge is 0.502 e. The van der Waals surface area contributed by atoms with Crippen molar-refractivity contribution in [1.29, 1.82) is 0 Å². The molecule has 2 heterocycles. The van der Waals surface area contributed by atoms with Gasteiger partial charge in [0.15, 0.2) is 5.75 Å². The van der Waals surface area contributed by atoms with Crippen molar-refractivity contribution in [2.45, 2.75) is 0 Å². The lowest BCUT2D eigenvalue weighted by Crippen LogP contribution is -2.24. The number of aliphatic imine (C=N–C) groups is 1. The summed E-state index contributed by atoms with van der Waals surface area (Å²) >= 11 is 1.55. The highest BCUT2D eigenvalue weighted by Crippen LogP contribution is 2.19. The van der Waals surface area contributed by atoms with Gasteiger partial charge in [-0.05, 0) is 12.3 Å². The summed E-state index contributed by atoms with van der Waals surface area (Å²) in [4.78, 5) is 17.0. The van der Waals surface area contributed by atoms with Gasteiger partial charge in [0.05, 0.1) is 17.4 Å². The first-order chi connectivity index (χ1) is 7.70. The second kappa shape index (κ2) is 4.44. The molecule has 0 amide bonds. The molecule has 0 spiro atoms. The molecule has 1 aromatic rings. The predicted octanol–water partition coefficient (Wildman–Crippen LogP) is 1.40. The minimum atomic E-state index is -0.464. The van der Waals surface area contributed by atoms with Crippen LogP contribution >= 0.6 is 11.8 Å². The van der Waals surface area contributed by atoms with Gasteiger partial charge in [-0.2, -0.15) is 0 Å². The Labute approximate surface area is 96.1 Å². The maximum atomic E-state index is 11.2. The van der Waals surface area contributed by atoms with Crippen molar-refractivity contribution >= 4 is 24.0 Å². The predicted molar refractivity (Wildman–Crippen MR) is 64.1 cm³/mol. The zero-order valence-corrected chi connectivity index (χ0v) is 9.40. The first-order valence-electron chi connectivity index (χ1n) is 4.57. The van der Waals surface area contributed by atoms with E-state index in [-0.39, 0.29) is 0 Å². The lowest BCUT2D eigenvalue weighted by Gasteiger charge is -2.19. The summed E-state index contributed by atoms with van der Waals surface area (Å²) in [5, 5.41) is 9.98. The van der Waals surface area contributed by atoms with E-state index in [0.29, 0.717) is 12.4 Å². The molecule has 1 N–H and O–H groups in total. The van der Waals surface area contributed by atoms with E-state index in [9.17, 15) is 4.79 Å². The van der Waals surface area contributed by atoms with Crippen LogP contribution in [0.15, 0.2) is 37.6 Å². The smallest absolute Gasteiger partial charge is 0.228 e. The molecule has 0 atom stereocenters.